The van der Waals surface area contributed by atoms with Crippen LogP contribution in [0, 0.1) is 10.6 Å². The summed E-state index contributed by atoms with van der Waals surface area (Å²) in [5.74, 6) is -0.0331. The van der Waals surface area contributed by atoms with E-state index in [1.807, 2.05) is 4.57 Å². The van der Waals surface area contributed by atoms with Gasteiger partial charge in [0.05, 0.1) is 5.56 Å². The number of aromatic nitrogens is 3. The van der Waals surface area contributed by atoms with Crippen LogP contribution in [0.3, 0.4) is 0 Å². The van der Waals surface area contributed by atoms with Crippen LogP contribution in [0.5, 0.6) is 5.75 Å². The van der Waals surface area contributed by atoms with Crippen molar-refractivity contribution in [3.8, 4) is 17.1 Å². The highest BCUT2D eigenvalue weighted by Crippen LogP contribution is 2.39. The van der Waals surface area contributed by atoms with Crippen molar-refractivity contribution in [2.24, 2.45) is 0 Å². The van der Waals surface area contributed by atoms with Gasteiger partial charge in [-0.25, -0.2) is 4.39 Å². The van der Waals surface area contributed by atoms with Crippen molar-refractivity contribution in [1.82, 2.24) is 14.8 Å². The highest BCUT2D eigenvalue weighted by Gasteiger charge is 2.28. The van der Waals surface area contributed by atoms with Crippen LogP contribution in [0.25, 0.3) is 11.4 Å². The predicted octanol–water partition coefficient (Wildman–Crippen LogP) is 2.79. The van der Waals surface area contributed by atoms with Crippen molar-refractivity contribution in [2.45, 2.75) is 18.9 Å². The number of phenols is 1. The first-order valence-corrected chi connectivity index (χ1v) is 5.73. The fourth-order valence-electron chi connectivity index (χ4n) is 1.86. The smallest absolute Gasteiger partial charge is 0.195 e. The average Bonchev–Trinajstić information content (AvgIpc) is 3.03. The zero-order valence-electron chi connectivity index (χ0n) is 8.85. The number of rotatable bonds is 2. The van der Waals surface area contributed by atoms with E-state index < -0.39 is 5.82 Å². The molecule has 2 N–H and O–H groups in total. The van der Waals surface area contributed by atoms with E-state index in [0.717, 1.165) is 18.9 Å². The van der Waals surface area contributed by atoms with Gasteiger partial charge in [0.15, 0.2) is 10.6 Å². The summed E-state index contributed by atoms with van der Waals surface area (Å²) >= 11 is 5.15. The summed E-state index contributed by atoms with van der Waals surface area (Å²) in [5.41, 5.74) is 0.491. The summed E-state index contributed by atoms with van der Waals surface area (Å²) in [6, 6.07) is 4.23. The molecular weight excluding hydrogens is 241 g/mol. The predicted molar refractivity (Wildman–Crippen MR) is 62.7 cm³/mol. The molecule has 6 heteroatoms. The molecule has 0 bridgehead atoms. The Hall–Kier alpha value is -1.69. The topological polar surface area (TPSA) is 53.8 Å². The molecule has 1 fully saturated rings. The zero-order chi connectivity index (χ0) is 12.0. The van der Waals surface area contributed by atoms with Crippen LogP contribution in [0.2, 0.25) is 0 Å². The normalized spacial score (nSPS) is 15.1. The van der Waals surface area contributed by atoms with E-state index in [2.05, 4.69) is 10.2 Å². The number of aromatic amines is 1. The molecule has 1 aromatic heterocycles. The van der Waals surface area contributed by atoms with Gasteiger partial charge < -0.3 is 5.11 Å². The maximum atomic E-state index is 12.9. The summed E-state index contributed by atoms with van der Waals surface area (Å²) in [4.78, 5) is 0. The van der Waals surface area contributed by atoms with E-state index in [1.54, 1.807) is 0 Å². The molecule has 3 rings (SSSR count). The fraction of sp³-hybridized carbons (Fsp3) is 0.273. The molecule has 1 heterocycles. The van der Waals surface area contributed by atoms with Crippen molar-refractivity contribution in [3.05, 3.63) is 28.8 Å². The molecule has 1 aliphatic carbocycles. The second-order valence-corrected chi connectivity index (χ2v) is 4.50. The Balaban J connectivity index is 2.18. The standard InChI is InChI=1S/C11H10FN3OS/c12-6-1-4-8(9(16)5-6)10-13-14-11(17)15(10)7-2-3-7/h1,4-5,7,16H,2-3H2,(H,14,17). The molecule has 17 heavy (non-hydrogen) atoms. The number of hydrogen-bond donors (Lipinski definition) is 2. The molecule has 0 saturated heterocycles. The largest absolute Gasteiger partial charge is 0.507 e. The Morgan fingerprint density at radius 1 is 1.47 bits per heavy atom. The maximum absolute atomic E-state index is 12.9. The Morgan fingerprint density at radius 3 is 2.88 bits per heavy atom. The molecule has 0 amide bonds. The lowest BCUT2D eigenvalue weighted by molar-refractivity contribution is 0.470. The minimum absolute atomic E-state index is 0.124. The van der Waals surface area contributed by atoms with E-state index in [-0.39, 0.29) is 5.75 Å². The summed E-state index contributed by atoms with van der Waals surface area (Å²) in [7, 11) is 0. The summed E-state index contributed by atoms with van der Waals surface area (Å²) in [6.07, 6.45) is 2.12. The van der Waals surface area contributed by atoms with Crippen molar-refractivity contribution >= 4 is 12.2 Å². The lowest BCUT2D eigenvalue weighted by Crippen LogP contribution is -1.97. The second-order valence-electron chi connectivity index (χ2n) is 4.12. The first kappa shape index (κ1) is 10.5. The lowest BCUT2D eigenvalue weighted by atomic mass is 10.2. The van der Waals surface area contributed by atoms with Gasteiger partial charge in [0, 0.05) is 12.1 Å². The summed E-state index contributed by atoms with van der Waals surface area (Å²) in [5, 5.41) is 16.6. The average molecular weight is 251 g/mol. The first-order valence-electron chi connectivity index (χ1n) is 5.32. The van der Waals surface area contributed by atoms with Crippen molar-refractivity contribution in [1.29, 1.82) is 0 Å². The number of phenolic OH excluding ortho intramolecular Hbond substituents is 1. The minimum Gasteiger partial charge on any atom is -0.507 e. The molecule has 0 spiro atoms. The fourth-order valence-corrected chi connectivity index (χ4v) is 2.14. The molecular formula is C11H10FN3OS. The highest BCUT2D eigenvalue weighted by atomic mass is 32.1. The molecule has 0 aliphatic heterocycles. The maximum Gasteiger partial charge on any atom is 0.195 e. The number of halogens is 1. The van der Waals surface area contributed by atoms with Gasteiger partial charge in [-0.05, 0) is 37.2 Å². The van der Waals surface area contributed by atoms with Gasteiger partial charge >= 0.3 is 0 Å². The SMILES string of the molecule is Oc1cc(F)ccc1-c1n[nH]c(=S)n1C1CC1. The van der Waals surface area contributed by atoms with Gasteiger partial charge in [-0.3, -0.25) is 9.67 Å². The third kappa shape index (κ3) is 1.74. The van der Waals surface area contributed by atoms with E-state index >= 15 is 0 Å². The van der Waals surface area contributed by atoms with Crippen LogP contribution in [-0.4, -0.2) is 19.9 Å². The number of nitrogens with one attached hydrogen (secondary N) is 1. The molecule has 0 unspecified atom stereocenters. The van der Waals surface area contributed by atoms with Gasteiger partial charge in [0.1, 0.15) is 11.6 Å². The number of aromatic hydroxyl groups is 1. The molecule has 1 saturated carbocycles. The van der Waals surface area contributed by atoms with E-state index in [4.69, 9.17) is 12.2 Å². The van der Waals surface area contributed by atoms with Crippen LogP contribution >= 0.6 is 12.2 Å². The van der Waals surface area contributed by atoms with Crippen molar-refractivity contribution < 1.29 is 9.50 Å². The van der Waals surface area contributed by atoms with Crippen molar-refractivity contribution in [2.75, 3.05) is 0 Å². The number of benzene rings is 1. The Kier molecular flexibility index (Phi) is 2.25. The highest BCUT2D eigenvalue weighted by molar-refractivity contribution is 7.71. The van der Waals surface area contributed by atoms with Gasteiger partial charge in [0.2, 0.25) is 0 Å². The summed E-state index contributed by atoms with van der Waals surface area (Å²) in [6.45, 7) is 0. The lowest BCUT2D eigenvalue weighted by Gasteiger charge is -2.06. The molecule has 4 nitrogen and oxygen atoms in total. The third-order valence-electron chi connectivity index (χ3n) is 2.82. The molecule has 1 aromatic carbocycles. The number of hydrogen-bond acceptors (Lipinski definition) is 3. The summed E-state index contributed by atoms with van der Waals surface area (Å²) < 4.78 is 15.3. The van der Waals surface area contributed by atoms with Gasteiger partial charge in [-0.1, -0.05) is 0 Å². The molecule has 88 valence electrons. The van der Waals surface area contributed by atoms with Crippen LogP contribution in [0.4, 0.5) is 4.39 Å². The first-order chi connectivity index (χ1) is 8.16. The molecule has 0 radical (unpaired) electrons. The van der Waals surface area contributed by atoms with Crippen LogP contribution in [0.1, 0.15) is 18.9 Å². The van der Waals surface area contributed by atoms with Gasteiger partial charge in [-0.15, -0.1) is 0 Å². The van der Waals surface area contributed by atoms with E-state index in [9.17, 15) is 9.50 Å². The zero-order valence-corrected chi connectivity index (χ0v) is 9.67. The number of H-pyrrole nitrogens is 1. The quantitative estimate of drug-likeness (QED) is 0.807. The van der Waals surface area contributed by atoms with E-state index in [0.29, 0.717) is 22.2 Å². The Labute approximate surface area is 102 Å². The van der Waals surface area contributed by atoms with Gasteiger partial charge in [0.25, 0.3) is 0 Å². The number of nitrogens with zero attached hydrogens (tertiary/aromatic N) is 2. The molecule has 1 aliphatic rings. The molecule has 0 atom stereocenters. The van der Waals surface area contributed by atoms with Crippen molar-refractivity contribution in [3.63, 3.8) is 0 Å². The van der Waals surface area contributed by atoms with Gasteiger partial charge in [-0.2, -0.15) is 5.10 Å². The van der Waals surface area contributed by atoms with E-state index in [1.165, 1.54) is 12.1 Å². The van der Waals surface area contributed by atoms with Crippen LogP contribution in [0.15, 0.2) is 18.2 Å². The molecule has 2 aromatic rings. The minimum atomic E-state index is -0.474. The van der Waals surface area contributed by atoms with Crippen LogP contribution in [-0.2, 0) is 0 Å². The monoisotopic (exact) mass is 251 g/mol. The third-order valence-corrected chi connectivity index (χ3v) is 3.11. The Bertz CT molecular complexity index is 630. The second kappa shape index (κ2) is 3.66. The van der Waals surface area contributed by atoms with Crippen LogP contribution < -0.4 is 0 Å². The Morgan fingerprint density at radius 2 is 2.24 bits per heavy atom.